The second-order valence-corrected chi connectivity index (χ2v) is 13.6. The number of hydrogen-bond donors (Lipinski definition) is 7. The molecule has 1 rings (SSSR count). The zero-order valence-corrected chi connectivity index (χ0v) is 30.2. The van der Waals surface area contributed by atoms with Gasteiger partial charge in [-0.25, -0.2) is 4.18 Å². The SMILES string of the molecule is CC/C=C/CC/C=C/CC/C=C/C(O)C(COC1OC(CO)C(O)C(OS(=O)(=O)O)C1O)NC(=O)C(O)CCCCCCCCCCCC. The molecule has 7 N–H and O–H groups in total. The predicted octanol–water partition coefficient (Wildman–Crippen LogP) is 3.79. The molecule has 14 heteroatoms. The number of ether oxygens (including phenoxy) is 2. The number of hydrogen-bond acceptors (Lipinski definition) is 11. The van der Waals surface area contributed by atoms with Gasteiger partial charge in [-0.1, -0.05) is 115 Å². The van der Waals surface area contributed by atoms with Crippen LogP contribution < -0.4 is 5.32 Å². The van der Waals surface area contributed by atoms with E-state index in [-0.39, 0.29) is 6.42 Å². The zero-order valence-electron chi connectivity index (χ0n) is 29.4. The molecule has 1 aliphatic rings. The Balaban J connectivity index is 2.79. The zero-order chi connectivity index (χ0) is 36.5. The van der Waals surface area contributed by atoms with E-state index in [0.717, 1.165) is 44.9 Å². The van der Waals surface area contributed by atoms with Crippen molar-refractivity contribution in [3.05, 3.63) is 36.5 Å². The van der Waals surface area contributed by atoms with Crippen LogP contribution >= 0.6 is 0 Å². The number of amides is 1. The lowest BCUT2D eigenvalue weighted by atomic mass is 9.99. The van der Waals surface area contributed by atoms with Gasteiger partial charge in [0.2, 0.25) is 5.91 Å². The normalized spacial score (nSPS) is 23.8. The number of aliphatic hydroxyl groups is 5. The average molecular weight is 722 g/mol. The highest BCUT2D eigenvalue weighted by atomic mass is 32.3. The van der Waals surface area contributed by atoms with Gasteiger partial charge in [-0.2, -0.15) is 8.42 Å². The molecule has 1 fully saturated rings. The fraction of sp³-hybridized carbons (Fsp3) is 0.800. The lowest BCUT2D eigenvalue weighted by Crippen LogP contribution is -2.61. The minimum absolute atomic E-state index is 0.234. The van der Waals surface area contributed by atoms with E-state index in [1.165, 1.54) is 44.6 Å². The second kappa shape index (κ2) is 27.0. The van der Waals surface area contributed by atoms with E-state index < -0.39 is 78.5 Å². The summed E-state index contributed by atoms with van der Waals surface area (Å²) >= 11 is 0. The summed E-state index contributed by atoms with van der Waals surface area (Å²) in [4.78, 5) is 12.9. The molecule has 0 aromatic heterocycles. The van der Waals surface area contributed by atoms with Gasteiger partial charge in [0.15, 0.2) is 6.29 Å². The Hall–Kier alpha value is -1.72. The summed E-state index contributed by atoms with van der Waals surface area (Å²) in [7, 11) is -5.11. The van der Waals surface area contributed by atoms with Crippen LogP contribution in [0.4, 0.5) is 0 Å². The Morgan fingerprint density at radius 1 is 0.837 bits per heavy atom. The Labute approximate surface area is 293 Å². The molecular weight excluding hydrogens is 658 g/mol. The van der Waals surface area contributed by atoms with Crippen LogP contribution in [0.15, 0.2) is 36.5 Å². The topological polar surface area (TPSA) is 212 Å². The maximum Gasteiger partial charge on any atom is 0.397 e. The molecular formula is C35H63NO12S. The molecule has 49 heavy (non-hydrogen) atoms. The minimum Gasteiger partial charge on any atom is -0.394 e. The van der Waals surface area contributed by atoms with Crippen molar-refractivity contribution in [2.75, 3.05) is 13.2 Å². The quantitative estimate of drug-likeness (QED) is 0.0350. The van der Waals surface area contributed by atoms with Crippen LogP contribution in [0.2, 0.25) is 0 Å². The smallest absolute Gasteiger partial charge is 0.394 e. The summed E-state index contributed by atoms with van der Waals surface area (Å²) in [5.74, 6) is -0.724. The first kappa shape index (κ1) is 45.3. The van der Waals surface area contributed by atoms with E-state index >= 15 is 0 Å². The van der Waals surface area contributed by atoms with Gasteiger partial charge in [0, 0.05) is 0 Å². The molecule has 286 valence electrons. The van der Waals surface area contributed by atoms with Crippen LogP contribution in [-0.4, -0.2) is 107 Å². The van der Waals surface area contributed by atoms with Crippen LogP contribution in [0.1, 0.15) is 117 Å². The van der Waals surface area contributed by atoms with E-state index in [9.17, 15) is 38.7 Å². The molecule has 8 unspecified atom stereocenters. The number of unbranched alkanes of at least 4 members (excludes halogenated alkanes) is 11. The highest BCUT2D eigenvalue weighted by molar-refractivity contribution is 7.80. The Bertz CT molecular complexity index is 1050. The minimum atomic E-state index is -5.11. The second-order valence-electron chi connectivity index (χ2n) is 12.6. The van der Waals surface area contributed by atoms with E-state index in [1.807, 2.05) is 6.08 Å². The van der Waals surface area contributed by atoms with Crippen molar-refractivity contribution >= 4 is 16.3 Å². The van der Waals surface area contributed by atoms with Crippen LogP contribution in [0, 0.1) is 0 Å². The van der Waals surface area contributed by atoms with E-state index in [1.54, 1.807) is 6.08 Å². The fourth-order valence-corrected chi connectivity index (χ4v) is 5.89. The van der Waals surface area contributed by atoms with Crippen molar-refractivity contribution in [2.45, 2.75) is 166 Å². The Morgan fingerprint density at radius 3 is 1.94 bits per heavy atom. The van der Waals surface area contributed by atoms with Crippen molar-refractivity contribution in [3.8, 4) is 0 Å². The molecule has 0 bridgehead atoms. The molecule has 0 aromatic rings. The fourth-order valence-electron chi connectivity index (χ4n) is 5.38. The molecule has 8 atom stereocenters. The Morgan fingerprint density at radius 2 is 1.39 bits per heavy atom. The molecule has 1 heterocycles. The first-order chi connectivity index (χ1) is 23.4. The van der Waals surface area contributed by atoms with Crippen molar-refractivity contribution in [1.82, 2.24) is 5.32 Å². The first-order valence-electron chi connectivity index (χ1n) is 18.0. The van der Waals surface area contributed by atoms with Gasteiger partial charge in [0.1, 0.15) is 30.5 Å². The highest BCUT2D eigenvalue weighted by Gasteiger charge is 2.48. The lowest BCUT2D eigenvalue weighted by Gasteiger charge is -2.41. The monoisotopic (exact) mass is 721 g/mol. The van der Waals surface area contributed by atoms with Gasteiger partial charge in [-0.15, -0.1) is 0 Å². The number of carbonyl (C=O) groups is 1. The van der Waals surface area contributed by atoms with Crippen LogP contribution in [0.3, 0.4) is 0 Å². The molecule has 0 radical (unpaired) electrons. The number of allylic oxidation sites excluding steroid dienone is 5. The molecule has 1 saturated heterocycles. The van der Waals surface area contributed by atoms with Gasteiger partial charge in [0.05, 0.1) is 25.4 Å². The summed E-state index contributed by atoms with van der Waals surface area (Å²) in [5.41, 5.74) is 0. The van der Waals surface area contributed by atoms with Gasteiger partial charge in [0.25, 0.3) is 0 Å². The van der Waals surface area contributed by atoms with Crippen molar-refractivity contribution in [1.29, 1.82) is 0 Å². The molecule has 0 spiro atoms. The number of rotatable bonds is 28. The lowest BCUT2D eigenvalue weighted by molar-refractivity contribution is -0.298. The largest absolute Gasteiger partial charge is 0.397 e. The van der Waals surface area contributed by atoms with Crippen LogP contribution in [0.5, 0.6) is 0 Å². The first-order valence-corrected chi connectivity index (χ1v) is 19.3. The summed E-state index contributed by atoms with van der Waals surface area (Å²) < 4.78 is 47.1. The standard InChI is InChI=1S/C35H63NO12S/c1-3-5-7-9-11-13-15-17-19-21-23-28(38)27(36-34(42)29(39)24-22-20-18-16-14-12-10-8-6-4-2)26-46-35-32(41)33(48-49(43,44)45)31(40)30(25-37)47-35/h5,7,13,15,21,23,27-33,35,37-41H,3-4,6,8-12,14,16-20,22,24-26H2,1-2H3,(H,36,42)(H,43,44,45)/b7-5+,15-13+,23-21+. The summed E-state index contributed by atoms with van der Waals surface area (Å²) in [6, 6.07) is -1.14. The van der Waals surface area contributed by atoms with Crippen molar-refractivity contribution in [3.63, 3.8) is 0 Å². The summed E-state index contributed by atoms with van der Waals surface area (Å²) in [6.07, 6.45) is 15.6. The maximum atomic E-state index is 12.9. The molecule has 0 saturated carbocycles. The third-order valence-electron chi connectivity index (χ3n) is 8.27. The van der Waals surface area contributed by atoms with E-state index in [4.69, 9.17) is 14.0 Å². The van der Waals surface area contributed by atoms with Crippen molar-refractivity contribution < 1.29 is 57.0 Å². The highest BCUT2D eigenvalue weighted by Crippen LogP contribution is 2.26. The molecule has 0 aromatic carbocycles. The van der Waals surface area contributed by atoms with E-state index in [2.05, 4.69) is 41.6 Å². The van der Waals surface area contributed by atoms with Crippen molar-refractivity contribution in [2.24, 2.45) is 0 Å². The average Bonchev–Trinajstić information content (AvgIpc) is 3.06. The van der Waals surface area contributed by atoms with Crippen LogP contribution in [-0.2, 0) is 28.9 Å². The van der Waals surface area contributed by atoms with Gasteiger partial charge in [-0.05, 0) is 38.5 Å². The molecule has 1 amide bonds. The molecule has 0 aliphatic carbocycles. The maximum absolute atomic E-state index is 12.9. The number of carbonyl (C=O) groups excluding carboxylic acids is 1. The molecule has 1 aliphatic heterocycles. The Kier molecular flexibility index (Phi) is 25.0. The summed E-state index contributed by atoms with van der Waals surface area (Å²) in [5, 5.41) is 54.6. The van der Waals surface area contributed by atoms with Gasteiger partial charge < -0.3 is 40.3 Å². The third-order valence-corrected chi connectivity index (χ3v) is 8.74. The number of aliphatic hydroxyl groups excluding tert-OH is 5. The number of nitrogens with one attached hydrogen (secondary N) is 1. The van der Waals surface area contributed by atoms with Gasteiger partial charge in [-0.3, -0.25) is 9.35 Å². The predicted molar refractivity (Wildman–Crippen MR) is 187 cm³/mol. The van der Waals surface area contributed by atoms with Gasteiger partial charge >= 0.3 is 10.4 Å². The third kappa shape index (κ3) is 20.7. The molecule has 13 nitrogen and oxygen atoms in total. The van der Waals surface area contributed by atoms with E-state index in [0.29, 0.717) is 12.8 Å². The van der Waals surface area contributed by atoms with Crippen LogP contribution in [0.25, 0.3) is 0 Å². The summed E-state index contributed by atoms with van der Waals surface area (Å²) in [6.45, 7) is 2.99.